The van der Waals surface area contributed by atoms with Crippen LogP contribution >= 0.6 is 24.0 Å². The van der Waals surface area contributed by atoms with Crippen molar-refractivity contribution in [1.82, 2.24) is 15.5 Å². The highest BCUT2D eigenvalue weighted by molar-refractivity contribution is 14.0. The molecule has 0 fully saturated rings. The van der Waals surface area contributed by atoms with Gasteiger partial charge in [0.2, 0.25) is 0 Å². The molecule has 0 saturated carbocycles. The number of hydrogen-bond acceptors (Lipinski definition) is 2. The average Bonchev–Trinajstić information content (AvgIpc) is 2.62. The first-order chi connectivity index (χ1) is 11.6. The Hall–Kier alpha value is -2.09. The lowest BCUT2D eigenvalue weighted by Gasteiger charge is -2.22. The van der Waals surface area contributed by atoms with Gasteiger partial charge in [-0.3, -0.25) is 9.79 Å². The normalized spacial score (nSPS) is 10.6. The molecule has 2 aromatic carbocycles. The Kier molecular flexibility index (Phi) is 8.98. The fourth-order valence-electron chi connectivity index (χ4n) is 2.46. The SMILES string of the molecule is CN=C(NCc1cccc(C(=O)NC)c1)N(C)Cc1ccccc1.I. The zero-order valence-electron chi connectivity index (χ0n) is 14.8. The molecule has 0 atom stereocenters. The van der Waals surface area contributed by atoms with Crippen molar-refractivity contribution in [1.29, 1.82) is 0 Å². The summed E-state index contributed by atoms with van der Waals surface area (Å²) in [6, 6.07) is 17.8. The van der Waals surface area contributed by atoms with E-state index in [0.29, 0.717) is 12.1 Å². The Balaban J connectivity index is 0.00000312. The van der Waals surface area contributed by atoms with Crippen LogP contribution in [0.25, 0.3) is 0 Å². The third-order valence-corrected chi connectivity index (χ3v) is 3.70. The molecule has 0 bridgehead atoms. The lowest BCUT2D eigenvalue weighted by molar-refractivity contribution is 0.0963. The molecule has 2 rings (SSSR count). The molecular weight excluding hydrogens is 427 g/mol. The molecule has 0 aliphatic carbocycles. The monoisotopic (exact) mass is 452 g/mol. The van der Waals surface area contributed by atoms with Crippen molar-refractivity contribution < 1.29 is 4.79 Å². The summed E-state index contributed by atoms with van der Waals surface area (Å²) in [6.07, 6.45) is 0. The Morgan fingerprint density at radius 3 is 2.40 bits per heavy atom. The van der Waals surface area contributed by atoms with Crippen molar-refractivity contribution >= 4 is 35.8 Å². The van der Waals surface area contributed by atoms with Crippen molar-refractivity contribution in [3.8, 4) is 0 Å². The minimum absolute atomic E-state index is 0. The van der Waals surface area contributed by atoms with E-state index < -0.39 is 0 Å². The first-order valence-electron chi connectivity index (χ1n) is 7.90. The van der Waals surface area contributed by atoms with E-state index in [1.807, 2.05) is 43.4 Å². The first kappa shape index (κ1) is 21.0. The first-order valence-corrected chi connectivity index (χ1v) is 7.90. The van der Waals surface area contributed by atoms with Crippen LogP contribution < -0.4 is 10.6 Å². The third kappa shape index (κ3) is 6.38. The number of halogens is 1. The van der Waals surface area contributed by atoms with Gasteiger partial charge in [-0.15, -0.1) is 24.0 Å². The second kappa shape index (κ2) is 10.7. The van der Waals surface area contributed by atoms with E-state index in [0.717, 1.165) is 18.1 Å². The van der Waals surface area contributed by atoms with Crippen molar-refractivity contribution in [3.63, 3.8) is 0 Å². The topological polar surface area (TPSA) is 56.7 Å². The highest BCUT2D eigenvalue weighted by Gasteiger charge is 2.08. The molecule has 134 valence electrons. The van der Waals surface area contributed by atoms with Crippen LogP contribution in [0.1, 0.15) is 21.5 Å². The summed E-state index contributed by atoms with van der Waals surface area (Å²) in [6.45, 7) is 1.38. The van der Waals surface area contributed by atoms with Crippen LogP contribution in [0.15, 0.2) is 59.6 Å². The molecule has 2 aromatic rings. The quantitative estimate of drug-likeness (QED) is 0.417. The van der Waals surface area contributed by atoms with Gasteiger partial charge in [0.15, 0.2) is 5.96 Å². The summed E-state index contributed by atoms with van der Waals surface area (Å²) in [7, 11) is 5.40. The van der Waals surface area contributed by atoms with Crippen molar-refractivity contribution in [2.24, 2.45) is 4.99 Å². The molecule has 0 aliphatic heterocycles. The van der Waals surface area contributed by atoms with Gasteiger partial charge in [-0.1, -0.05) is 42.5 Å². The van der Waals surface area contributed by atoms with Crippen LogP contribution in [0.2, 0.25) is 0 Å². The molecule has 25 heavy (non-hydrogen) atoms. The molecule has 0 aromatic heterocycles. The largest absolute Gasteiger partial charge is 0.355 e. The molecule has 0 heterocycles. The van der Waals surface area contributed by atoms with Crippen molar-refractivity contribution in [2.75, 3.05) is 21.1 Å². The molecule has 2 N–H and O–H groups in total. The van der Waals surface area contributed by atoms with Crippen molar-refractivity contribution in [3.05, 3.63) is 71.3 Å². The molecule has 0 unspecified atom stereocenters. The molecule has 6 heteroatoms. The minimum Gasteiger partial charge on any atom is -0.355 e. The van der Waals surface area contributed by atoms with Crippen LogP contribution in [0.5, 0.6) is 0 Å². The number of carbonyl (C=O) groups is 1. The van der Waals surface area contributed by atoms with Crippen LogP contribution in [-0.2, 0) is 13.1 Å². The van der Waals surface area contributed by atoms with Gasteiger partial charge >= 0.3 is 0 Å². The number of benzene rings is 2. The summed E-state index contributed by atoms with van der Waals surface area (Å²) in [5.41, 5.74) is 2.92. The molecule has 0 spiro atoms. The van der Waals surface area contributed by atoms with Crippen LogP contribution in [0, 0.1) is 0 Å². The summed E-state index contributed by atoms with van der Waals surface area (Å²) in [4.78, 5) is 18.1. The van der Waals surface area contributed by atoms with Crippen LogP contribution in [0.4, 0.5) is 0 Å². The number of rotatable bonds is 5. The van der Waals surface area contributed by atoms with E-state index in [1.165, 1.54) is 5.56 Å². The predicted octanol–water partition coefficient (Wildman–Crippen LogP) is 2.87. The van der Waals surface area contributed by atoms with Gasteiger partial charge < -0.3 is 15.5 Å². The number of nitrogens with zero attached hydrogens (tertiary/aromatic N) is 2. The van der Waals surface area contributed by atoms with E-state index in [9.17, 15) is 4.79 Å². The molecule has 0 radical (unpaired) electrons. The van der Waals surface area contributed by atoms with E-state index >= 15 is 0 Å². The number of carbonyl (C=O) groups excluding carboxylic acids is 1. The molecule has 0 aliphatic rings. The van der Waals surface area contributed by atoms with Gasteiger partial charge in [0.25, 0.3) is 5.91 Å². The maximum Gasteiger partial charge on any atom is 0.251 e. The Morgan fingerprint density at radius 1 is 1.08 bits per heavy atom. The zero-order valence-corrected chi connectivity index (χ0v) is 17.2. The van der Waals surface area contributed by atoms with Gasteiger partial charge in [-0.25, -0.2) is 0 Å². The predicted molar refractivity (Wildman–Crippen MR) is 113 cm³/mol. The number of hydrogen-bond donors (Lipinski definition) is 2. The number of nitrogens with one attached hydrogen (secondary N) is 2. The third-order valence-electron chi connectivity index (χ3n) is 3.70. The summed E-state index contributed by atoms with van der Waals surface area (Å²) in [5, 5.41) is 5.97. The molecule has 0 saturated heterocycles. The second-order valence-electron chi connectivity index (χ2n) is 5.52. The van der Waals surface area contributed by atoms with E-state index in [-0.39, 0.29) is 29.9 Å². The van der Waals surface area contributed by atoms with Gasteiger partial charge in [0.1, 0.15) is 0 Å². The van der Waals surface area contributed by atoms with Gasteiger partial charge in [-0.2, -0.15) is 0 Å². The maximum atomic E-state index is 11.7. The summed E-state index contributed by atoms with van der Waals surface area (Å²) < 4.78 is 0. The second-order valence-corrected chi connectivity index (χ2v) is 5.52. The number of aliphatic imine (C=N–C) groups is 1. The molecule has 5 nitrogen and oxygen atoms in total. The smallest absolute Gasteiger partial charge is 0.251 e. The Bertz CT molecular complexity index is 704. The fourth-order valence-corrected chi connectivity index (χ4v) is 2.46. The van der Waals surface area contributed by atoms with E-state index in [2.05, 4.69) is 32.7 Å². The molecule has 1 amide bonds. The Morgan fingerprint density at radius 2 is 1.76 bits per heavy atom. The zero-order chi connectivity index (χ0) is 17.4. The Labute approximate surface area is 166 Å². The lowest BCUT2D eigenvalue weighted by Crippen LogP contribution is -2.38. The summed E-state index contributed by atoms with van der Waals surface area (Å²) in [5.74, 6) is 0.728. The van der Waals surface area contributed by atoms with Crippen LogP contribution in [-0.4, -0.2) is 37.9 Å². The van der Waals surface area contributed by atoms with Gasteiger partial charge in [-0.05, 0) is 23.3 Å². The number of amides is 1. The van der Waals surface area contributed by atoms with Gasteiger partial charge in [0.05, 0.1) is 0 Å². The maximum absolute atomic E-state index is 11.7. The van der Waals surface area contributed by atoms with Crippen LogP contribution in [0.3, 0.4) is 0 Å². The standard InChI is InChI=1S/C19H24N4O.HI/c1-20-18(24)17-11-7-10-16(12-17)13-22-19(21-2)23(3)14-15-8-5-4-6-9-15;/h4-12H,13-14H2,1-3H3,(H,20,24)(H,21,22);1H. The minimum atomic E-state index is -0.0811. The highest BCUT2D eigenvalue weighted by atomic mass is 127. The van der Waals surface area contributed by atoms with E-state index in [1.54, 1.807) is 20.2 Å². The molecular formula is C19H25IN4O. The summed E-state index contributed by atoms with van der Waals surface area (Å²) >= 11 is 0. The fraction of sp³-hybridized carbons (Fsp3) is 0.263. The van der Waals surface area contributed by atoms with E-state index in [4.69, 9.17) is 0 Å². The highest BCUT2D eigenvalue weighted by Crippen LogP contribution is 2.06. The average molecular weight is 452 g/mol. The number of guanidine groups is 1. The lowest BCUT2D eigenvalue weighted by atomic mass is 10.1. The van der Waals surface area contributed by atoms with Crippen molar-refractivity contribution in [2.45, 2.75) is 13.1 Å². The van der Waals surface area contributed by atoms with Gasteiger partial charge in [0, 0.05) is 39.8 Å².